The molecular weight excluding hydrogens is 384 g/mol. The van der Waals surface area contributed by atoms with Crippen LogP contribution in [0.3, 0.4) is 0 Å². The standard InChI is InChI=1S/C18H19F2N7O2/c1-11-13(16(29)24-5-6-25-10-18(19,20)7-12(25)9-24)8-21-27(11)17-22-15(28)14-3-2-4-26(14)23-17/h2-4,8,12H,5-7,9-10H2,1H3,(H,22,23,28)/t12-/m0/s1. The molecule has 3 aromatic heterocycles. The van der Waals surface area contributed by atoms with Gasteiger partial charge in [-0.1, -0.05) is 0 Å². The molecule has 2 saturated heterocycles. The summed E-state index contributed by atoms with van der Waals surface area (Å²) in [5, 5.41) is 8.53. The second-order valence-electron chi connectivity index (χ2n) is 7.61. The molecule has 0 bridgehead atoms. The first kappa shape index (κ1) is 18.0. The van der Waals surface area contributed by atoms with Gasteiger partial charge in [0, 0.05) is 38.3 Å². The Morgan fingerprint density at radius 3 is 3.00 bits per heavy atom. The van der Waals surface area contributed by atoms with Crippen molar-refractivity contribution in [3.8, 4) is 5.95 Å². The van der Waals surface area contributed by atoms with Crippen LogP contribution in [-0.4, -0.2) is 78.2 Å². The summed E-state index contributed by atoms with van der Waals surface area (Å²) >= 11 is 0. The molecule has 5 heterocycles. The van der Waals surface area contributed by atoms with Crippen molar-refractivity contribution >= 4 is 11.4 Å². The Kier molecular flexibility index (Phi) is 3.85. The lowest BCUT2D eigenvalue weighted by molar-refractivity contribution is 0.0121. The van der Waals surface area contributed by atoms with Crippen LogP contribution in [0.15, 0.2) is 29.3 Å². The normalized spacial score (nSPS) is 21.6. The van der Waals surface area contributed by atoms with Gasteiger partial charge >= 0.3 is 0 Å². The molecule has 0 radical (unpaired) electrons. The third-order valence-corrected chi connectivity index (χ3v) is 5.69. The maximum atomic E-state index is 13.7. The van der Waals surface area contributed by atoms with Gasteiger partial charge in [-0.25, -0.2) is 18.0 Å². The number of amides is 1. The Bertz CT molecular complexity index is 1160. The van der Waals surface area contributed by atoms with Gasteiger partial charge in [-0.05, 0) is 19.1 Å². The zero-order valence-corrected chi connectivity index (χ0v) is 15.7. The van der Waals surface area contributed by atoms with E-state index < -0.39 is 5.92 Å². The van der Waals surface area contributed by atoms with Gasteiger partial charge < -0.3 is 4.90 Å². The van der Waals surface area contributed by atoms with Crippen LogP contribution in [0.1, 0.15) is 22.5 Å². The second-order valence-corrected chi connectivity index (χ2v) is 7.61. The number of hydrogen-bond acceptors (Lipinski definition) is 5. The number of H-pyrrole nitrogens is 1. The fourth-order valence-corrected chi connectivity index (χ4v) is 4.22. The smallest absolute Gasteiger partial charge is 0.276 e. The number of aromatic amines is 1. The first-order valence-corrected chi connectivity index (χ1v) is 9.36. The van der Waals surface area contributed by atoms with E-state index in [1.165, 1.54) is 15.4 Å². The van der Waals surface area contributed by atoms with Crippen molar-refractivity contribution in [2.45, 2.75) is 25.3 Å². The van der Waals surface area contributed by atoms with Crippen LogP contribution in [-0.2, 0) is 0 Å². The van der Waals surface area contributed by atoms with Gasteiger partial charge in [0.05, 0.1) is 24.0 Å². The van der Waals surface area contributed by atoms with E-state index in [1.807, 2.05) is 0 Å². The van der Waals surface area contributed by atoms with E-state index in [4.69, 9.17) is 0 Å². The van der Waals surface area contributed by atoms with E-state index in [1.54, 1.807) is 35.1 Å². The largest absolute Gasteiger partial charge is 0.336 e. The van der Waals surface area contributed by atoms with Gasteiger partial charge in [0.1, 0.15) is 5.52 Å². The van der Waals surface area contributed by atoms with E-state index >= 15 is 0 Å². The van der Waals surface area contributed by atoms with E-state index in [2.05, 4.69) is 15.2 Å². The van der Waals surface area contributed by atoms with Gasteiger partial charge in [0.25, 0.3) is 17.4 Å². The number of nitrogens with one attached hydrogen (secondary N) is 1. The Balaban J connectivity index is 1.42. The summed E-state index contributed by atoms with van der Waals surface area (Å²) in [5.74, 6) is -2.76. The van der Waals surface area contributed by atoms with Crippen molar-refractivity contribution in [1.82, 2.24) is 34.2 Å². The summed E-state index contributed by atoms with van der Waals surface area (Å²) < 4.78 is 30.2. The van der Waals surface area contributed by atoms with Crippen molar-refractivity contribution in [2.24, 2.45) is 0 Å². The van der Waals surface area contributed by atoms with Crippen LogP contribution in [0.2, 0.25) is 0 Å². The number of rotatable bonds is 2. The maximum absolute atomic E-state index is 13.7. The molecule has 29 heavy (non-hydrogen) atoms. The van der Waals surface area contributed by atoms with Crippen LogP contribution in [0, 0.1) is 6.92 Å². The molecule has 3 aromatic rings. The third kappa shape index (κ3) is 2.92. The summed E-state index contributed by atoms with van der Waals surface area (Å²) in [5.41, 5.74) is 0.962. The van der Waals surface area contributed by atoms with Crippen molar-refractivity contribution in [2.75, 3.05) is 26.2 Å². The number of nitrogens with zero attached hydrogens (tertiary/aromatic N) is 6. The number of halogens is 2. The lowest BCUT2D eigenvalue weighted by Gasteiger charge is -2.36. The SMILES string of the molecule is Cc1c(C(=O)N2CCN3CC(F)(F)C[C@H]3C2)cnn1-c1nn2cccc2c(=O)[nH]1. The van der Waals surface area contributed by atoms with Gasteiger partial charge in [-0.15, -0.1) is 5.10 Å². The zero-order valence-electron chi connectivity index (χ0n) is 15.7. The lowest BCUT2D eigenvalue weighted by Crippen LogP contribution is -2.52. The number of alkyl halides is 2. The predicted octanol–water partition coefficient (Wildman–Crippen LogP) is 0.682. The number of hydrogen-bond donors (Lipinski definition) is 1. The molecular formula is C18H19F2N7O2. The molecule has 11 heteroatoms. The minimum atomic E-state index is -2.70. The molecule has 1 amide bonds. The minimum absolute atomic E-state index is 0.190. The van der Waals surface area contributed by atoms with E-state index in [0.29, 0.717) is 29.9 Å². The molecule has 0 aromatic carbocycles. The van der Waals surface area contributed by atoms with Gasteiger partial charge in [-0.2, -0.15) is 5.10 Å². The van der Waals surface area contributed by atoms with Crippen molar-refractivity contribution in [1.29, 1.82) is 0 Å². The highest BCUT2D eigenvalue weighted by Gasteiger charge is 2.47. The second kappa shape index (κ2) is 6.21. The van der Waals surface area contributed by atoms with Crippen molar-refractivity contribution < 1.29 is 13.6 Å². The fraction of sp³-hybridized carbons (Fsp3) is 0.444. The number of aromatic nitrogens is 5. The molecule has 2 aliphatic heterocycles. The maximum Gasteiger partial charge on any atom is 0.276 e. The van der Waals surface area contributed by atoms with Crippen LogP contribution in [0.4, 0.5) is 8.78 Å². The first-order chi connectivity index (χ1) is 13.8. The Labute approximate surface area is 163 Å². The Morgan fingerprint density at radius 1 is 1.34 bits per heavy atom. The molecule has 9 nitrogen and oxygen atoms in total. The number of carbonyl (C=O) groups is 1. The van der Waals surface area contributed by atoms with Crippen LogP contribution >= 0.6 is 0 Å². The number of piperazine rings is 1. The molecule has 2 aliphatic rings. The highest BCUT2D eigenvalue weighted by molar-refractivity contribution is 5.95. The topological polar surface area (TPSA) is 91.5 Å². The van der Waals surface area contributed by atoms with E-state index in [9.17, 15) is 18.4 Å². The number of carbonyl (C=O) groups excluding carboxylic acids is 1. The molecule has 5 rings (SSSR count). The summed E-state index contributed by atoms with van der Waals surface area (Å²) in [7, 11) is 0. The van der Waals surface area contributed by atoms with E-state index in [0.717, 1.165) is 0 Å². The molecule has 1 N–H and O–H groups in total. The van der Waals surface area contributed by atoms with Crippen LogP contribution in [0.5, 0.6) is 0 Å². The van der Waals surface area contributed by atoms with Crippen LogP contribution in [0.25, 0.3) is 11.5 Å². The molecule has 1 atom stereocenters. The fourth-order valence-electron chi connectivity index (χ4n) is 4.22. The van der Waals surface area contributed by atoms with Crippen molar-refractivity contribution in [3.63, 3.8) is 0 Å². The molecule has 0 unspecified atom stereocenters. The molecule has 0 aliphatic carbocycles. The zero-order chi connectivity index (χ0) is 20.3. The lowest BCUT2D eigenvalue weighted by atomic mass is 10.1. The Morgan fingerprint density at radius 2 is 2.17 bits per heavy atom. The molecule has 0 spiro atoms. The van der Waals surface area contributed by atoms with Gasteiger partial charge in [-0.3, -0.25) is 19.5 Å². The summed E-state index contributed by atoms with van der Waals surface area (Å²) in [6.07, 6.45) is 2.85. The molecule has 152 valence electrons. The monoisotopic (exact) mass is 403 g/mol. The van der Waals surface area contributed by atoms with Gasteiger partial charge in [0.15, 0.2) is 0 Å². The quantitative estimate of drug-likeness (QED) is 0.680. The van der Waals surface area contributed by atoms with Crippen molar-refractivity contribution in [3.05, 3.63) is 46.1 Å². The third-order valence-electron chi connectivity index (χ3n) is 5.69. The highest BCUT2D eigenvalue weighted by atomic mass is 19.3. The first-order valence-electron chi connectivity index (χ1n) is 9.36. The predicted molar refractivity (Wildman–Crippen MR) is 98.5 cm³/mol. The average molecular weight is 403 g/mol. The van der Waals surface area contributed by atoms with E-state index in [-0.39, 0.29) is 43.0 Å². The van der Waals surface area contributed by atoms with Gasteiger partial charge in [0.2, 0.25) is 5.95 Å². The summed E-state index contributed by atoms with van der Waals surface area (Å²) in [6, 6.07) is 3.03. The Hall–Kier alpha value is -3.08. The summed E-state index contributed by atoms with van der Waals surface area (Å²) in [4.78, 5) is 31.2. The highest BCUT2D eigenvalue weighted by Crippen LogP contribution is 2.34. The van der Waals surface area contributed by atoms with Crippen LogP contribution < -0.4 is 5.56 Å². The average Bonchev–Trinajstić information content (AvgIpc) is 3.35. The summed E-state index contributed by atoms with van der Waals surface area (Å²) in [6.45, 7) is 2.56. The minimum Gasteiger partial charge on any atom is -0.336 e. The molecule has 0 saturated carbocycles. The number of fused-ring (bicyclic) bond motifs is 2. The molecule has 2 fully saturated rings.